The van der Waals surface area contributed by atoms with Crippen molar-refractivity contribution in [3.05, 3.63) is 59.7 Å². The number of nitrogens with one attached hydrogen (secondary N) is 2. The average Bonchev–Trinajstić information content (AvgIpc) is 2.60. The van der Waals surface area contributed by atoms with E-state index in [-0.39, 0.29) is 17.8 Å². The van der Waals surface area contributed by atoms with Gasteiger partial charge in [0, 0.05) is 4.90 Å². The number of ether oxygens (including phenoxy) is 1. The molecule has 0 heterocycles. The molecule has 0 aliphatic rings. The highest BCUT2D eigenvalue weighted by Gasteiger charge is 2.15. The molecule has 0 fully saturated rings. The molecule has 25 heavy (non-hydrogen) atoms. The molecular weight excluding hydrogens is 336 g/mol. The summed E-state index contributed by atoms with van der Waals surface area (Å²) in [5.74, 6) is -0.0359. The minimum Gasteiger partial charge on any atom is -0.483 e. The monoisotopic (exact) mass is 358 g/mol. The molecule has 0 aliphatic carbocycles. The molecule has 6 heteroatoms. The molecule has 2 aromatic rings. The van der Waals surface area contributed by atoms with Gasteiger partial charge in [-0.05, 0) is 44.5 Å². The zero-order valence-corrected chi connectivity index (χ0v) is 15.4. The van der Waals surface area contributed by atoms with Crippen molar-refractivity contribution in [1.29, 1.82) is 0 Å². The van der Waals surface area contributed by atoms with Crippen molar-refractivity contribution < 1.29 is 14.3 Å². The molecule has 0 unspecified atom stereocenters. The molecule has 0 spiro atoms. The normalized spacial score (nSPS) is 11.5. The highest BCUT2D eigenvalue weighted by Crippen LogP contribution is 2.23. The lowest BCUT2D eigenvalue weighted by molar-refractivity contribution is -0.129. The topological polar surface area (TPSA) is 67.4 Å². The summed E-state index contributed by atoms with van der Waals surface area (Å²) in [5, 5.41) is -0.333. The summed E-state index contributed by atoms with van der Waals surface area (Å²) < 4.78 is 5.43. The fraction of sp³-hybridized carbons (Fsp3) is 0.263. The van der Waals surface area contributed by atoms with Gasteiger partial charge < -0.3 is 4.74 Å². The van der Waals surface area contributed by atoms with Crippen LogP contribution in [0.3, 0.4) is 0 Å². The fourth-order valence-corrected chi connectivity index (χ4v) is 2.87. The van der Waals surface area contributed by atoms with Crippen molar-refractivity contribution in [3.8, 4) is 5.75 Å². The van der Waals surface area contributed by atoms with Gasteiger partial charge in [-0.25, -0.2) is 0 Å². The Kier molecular flexibility index (Phi) is 6.89. The molecular formula is C19H22N2O3S. The summed E-state index contributed by atoms with van der Waals surface area (Å²) >= 11 is 1.43. The van der Waals surface area contributed by atoms with Crippen molar-refractivity contribution in [1.82, 2.24) is 10.9 Å². The van der Waals surface area contributed by atoms with E-state index in [9.17, 15) is 9.59 Å². The van der Waals surface area contributed by atoms with Crippen molar-refractivity contribution in [2.24, 2.45) is 0 Å². The third kappa shape index (κ3) is 6.15. The summed E-state index contributed by atoms with van der Waals surface area (Å²) in [6.45, 7) is 5.54. The van der Waals surface area contributed by atoms with Crippen molar-refractivity contribution in [2.75, 3.05) is 6.61 Å². The van der Waals surface area contributed by atoms with Crippen LogP contribution in [0.4, 0.5) is 0 Å². The zero-order chi connectivity index (χ0) is 18.2. The average molecular weight is 358 g/mol. The van der Waals surface area contributed by atoms with E-state index < -0.39 is 5.91 Å². The molecule has 2 N–H and O–H groups in total. The number of aryl methyl sites for hydroxylation is 2. The van der Waals surface area contributed by atoms with Crippen LogP contribution in [-0.4, -0.2) is 23.7 Å². The van der Waals surface area contributed by atoms with Crippen LogP contribution in [0.1, 0.15) is 18.1 Å². The lowest BCUT2D eigenvalue weighted by atomic mass is 10.2. The van der Waals surface area contributed by atoms with E-state index in [1.54, 1.807) is 13.0 Å². The number of carbonyl (C=O) groups is 2. The number of thioether (sulfide) groups is 1. The highest BCUT2D eigenvalue weighted by molar-refractivity contribution is 8.00. The van der Waals surface area contributed by atoms with Gasteiger partial charge in [0.05, 0.1) is 5.25 Å². The van der Waals surface area contributed by atoms with Gasteiger partial charge >= 0.3 is 0 Å². The second kappa shape index (κ2) is 9.13. The summed E-state index contributed by atoms with van der Waals surface area (Å²) in [7, 11) is 0. The van der Waals surface area contributed by atoms with Crippen molar-refractivity contribution in [3.63, 3.8) is 0 Å². The number of amides is 2. The van der Waals surface area contributed by atoms with E-state index in [0.29, 0.717) is 5.75 Å². The lowest BCUT2D eigenvalue weighted by Crippen LogP contribution is -2.46. The van der Waals surface area contributed by atoms with Crippen LogP contribution in [0.2, 0.25) is 0 Å². The summed E-state index contributed by atoms with van der Waals surface area (Å²) in [4.78, 5) is 24.9. The van der Waals surface area contributed by atoms with Gasteiger partial charge in [0.25, 0.3) is 11.8 Å². The maximum atomic E-state index is 12.1. The molecule has 0 aromatic heterocycles. The van der Waals surface area contributed by atoms with Gasteiger partial charge in [-0.3, -0.25) is 20.4 Å². The van der Waals surface area contributed by atoms with E-state index in [1.807, 2.05) is 56.3 Å². The van der Waals surface area contributed by atoms with Gasteiger partial charge in [-0.2, -0.15) is 0 Å². The molecule has 0 bridgehead atoms. The second-order valence-electron chi connectivity index (χ2n) is 5.66. The first-order valence-corrected chi connectivity index (χ1v) is 8.84. The van der Waals surface area contributed by atoms with Crippen molar-refractivity contribution in [2.45, 2.75) is 30.9 Å². The highest BCUT2D eigenvalue weighted by atomic mass is 32.2. The van der Waals surface area contributed by atoms with Gasteiger partial charge in [-0.15, -0.1) is 11.8 Å². The second-order valence-corrected chi connectivity index (χ2v) is 7.08. The van der Waals surface area contributed by atoms with Crippen LogP contribution in [-0.2, 0) is 9.59 Å². The van der Waals surface area contributed by atoms with E-state index in [1.165, 1.54) is 17.3 Å². The van der Waals surface area contributed by atoms with E-state index >= 15 is 0 Å². The number of benzene rings is 2. The van der Waals surface area contributed by atoms with Crippen molar-refractivity contribution >= 4 is 23.6 Å². The Morgan fingerprint density at radius 2 is 1.72 bits per heavy atom. The van der Waals surface area contributed by atoms with Crippen LogP contribution in [0, 0.1) is 13.8 Å². The number of para-hydroxylation sites is 1. The molecule has 0 saturated heterocycles. The number of hydrogen-bond donors (Lipinski definition) is 2. The van der Waals surface area contributed by atoms with E-state index in [0.717, 1.165) is 10.5 Å². The molecule has 5 nitrogen and oxygen atoms in total. The van der Waals surface area contributed by atoms with Gasteiger partial charge in [0.1, 0.15) is 5.75 Å². The first kappa shape index (κ1) is 18.9. The summed E-state index contributed by atoms with van der Waals surface area (Å²) in [5.41, 5.74) is 6.91. The van der Waals surface area contributed by atoms with Crippen LogP contribution >= 0.6 is 11.8 Å². The number of rotatable bonds is 6. The van der Waals surface area contributed by atoms with Gasteiger partial charge in [0.15, 0.2) is 6.61 Å². The molecule has 2 amide bonds. The maximum Gasteiger partial charge on any atom is 0.276 e. The number of carbonyl (C=O) groups excluding carboxylic acids is 2. The number of hydrazine groups is 1. The molecule has 0 saturated carbocycles. The molecule has 1 atom stereocenters. The maximum absolute atomic E-state index is 12.1. The Hall–Kier alpha value is -2.47. The Labute approximate surface area is 152 Å². The predicted molar refractivity (Wildman–Crippen MR) is 99.5 cm³/mol. The summed E-state index contributed by atoms with van der Waals surface area (Å²) in [6, 6.07) is 15.4. The summed E-state index contributed by atoms with van der Waals surface area (Å²) in [6.07, 6.45) is 0. The van der Waals surface area contributed by atoms with Gasteiger partial charge in [0.2, 0.25) is 0 Å². The SMILES string of the molecule is Cc1ccc(S[C@@H](C)C(=O)NNC(=O)COc2ccccc2C)cc1. The Balaban J connectivity index is 1.74. The first-order valence-electron chi connectivity index (χ1n) is 7.96. The minimum atomic E-state index is -0.413. The predicted octanol–water partition coefficient (Wildman–Crippen LogP) is 3.01. The molecule has 132 valence electrons. The third-order valence-corrected chi connectivity index (χ3v) is 4.59. The van der Waals surface area contributed by atoms with Crippen LogP contribution in [0.5, 0.6) is 5.75 Å². The molecule has 0 aliphatic heterocycles. The fourth-order valence-electron chi connectivity index (χ4n) is 2.01. The first-order chi connectivity index (χ1) is 12.0. The van der Waals surface area contributed by atoms with E-state index in [2.05, 4.69) is 10.9 Å². The quantitative estimate of drug-likeness (QED) is 0.615. The standard InChI is InChI=1S/C19H22N2O3S/c1-13-8-10-16(11-9-13)25-15(3)19(23)21-20-18(22)12-24-17-7-5-4-6-14(17)2/h4-11,15H,12H2,1-3H3,(H,20,22)(H,21,23)/t15-/m0/s1. The van der Waals surface area contributed by atoms with Crippen LogP contribution in [0.25, 0.3) is 0 Å². The van der Waals surface area contributed by atoms with Crippen LogP contribution in [0.15, 0.2) is 53.4 Å². The Morgan fingerprint density at radius 1 is 1.04 bits per heavy atom. The molecule has 2 rings (SSSR count). The zero-order valence-electron chi connectivity index (χ0n) is 14.5. The Bertz CT molecular complexity index is 732. The molecule has 2 aromatic carbocycles. The number of hydrogen-bond acceptors (Lipinski definition) is 4. The van der Waals surface area contributed by atoms with Crippen LogP contribution < -0.4 is 15.6 Å². The molecule has 0 radical (unpaired) electrons. The lowest BCUT2D eigenvalue weighted by Gasteiger charge is -2.13. The largest absolute Gasteiger partial charge is 0.483 e. The smallest absolute Gasteiger partial charge is 0.276 e. The van der Waals surface area contributed by atoms with Gasteiger partial charge in [-0.1, -0.05) is 35.9 Å². The van der Waals surface area contributed by atoms with E-state index in [4.69, 9.17) is 4.74 Å². The minimum absolute atomic E-state index is 0.162. The third-order valence-electron chi connectivity index (χ3n) is 3.48. The Morgan fingerprint density at radius 3 is 2.40 bits per heavy atom.